The Bertz CT molecular complexity index is 392. The first-order chi connectivity index (χ1) is 7.87. The van der Waals surface area contributed by atoms with Gasteiger partial charge in [-0.3, -0.25) is 4.79 Å². The molecule has 4 heteroatoms. The Morgan fingerprint density at radius 3 is 2.53 bits per heavy atom. The Balaban J connectivity index is 1.80. The average molecular weight is 235 g/mol. The summed E-state index contributed by atoms with van der Waals surface area (Å²) in [5, 5.41) is 3.00. The van der Waals surface area contributed by atoms with Gasteiger partial charge < -0.3 is 10.3 Å². The van der Waals surface area contributed by atoms with Crippen molar-refractivity contribution in [3.63, 3.8) is 0 Å². The van der Waals surface area contributed by atoms with Crippen LogP contribution < -0.4 is 5.32 Å². The van der Waals surface area contributed by atoms with Crippen LogP contribution in [0.5, 0.6) is 0 Å². The summed E-state index contributed by atoms with van der Waals surface area (Å²) in [5.41, 5.74) is 0.226. The van der Waals surface area contributed by atoms with Crippen molar-refractivity contribution in [2.24, 2.45) is 16.7 Å². The number of carbonyl (C=O) groups excluding carboxylic acids is 1. The molecule has 0 atom stereocenters. The molecule has 0 aliphatic heterocycles. The van der Waals surface area contributed by atoms with E-state index in [2.05, 4.69) is 43.0 Å². The Labute approximate surface area is 102 Å². The highest BCUT2D eigenvalue weighted by Crippen LogP contribution is 2.68. The van der Waals surface area contributed by atoms with Gasteiger partial charge in [-0.15, -0.1) is 0 Å². The van der Waals surface area contributed by atoms with Gasteiger partial charge in [0.2, 0.25) is 5.91 Å². The third-order valence-corrected chi connectivity index (χ3v) is 4.50. The van der Waals surface area contributed by atoms with Gasteiger partial charge in [0.25, 0.3) is 0 Å². The molecule has 1 aromatic heterocycles. The Morgan fingerprint density at radius 2 is 2.06 bits per heavy atom. The monoisotopic (exact) mass is 235 g/mol. The molecule has 94 valence electrons. The van der Waals surface area contributed by atoms with Crippen LogP contribution in [0.25, 0.3) is 0 Å². The van der Waals surface area contributed by atoms with Crippen LogP contribution in [0.3, 0.4) is 0 Å². The summed E-state index contributed by atoms with van der Waals surface area (Å²) in [6.45, 7) is 9.27. The van der Waals surface area contributed by atoms with Crippen LogP contribution in [0, 0.1) is 16.7 Å². The highest BCUT2D eigenvalue weighted by Gasteiger charge is 2.68. The van der Waals surface area contributed by atoms with Gasteiger partial charge in [-0.2, -0.15) is 0 Å². The summed E-state index contributed by atoms with van der Waals surface area (Å²) in [4.78, 5) is 19.2. The predicted molar refractivity (Wildman–Crippen MR) is 66.4 cm³/mol. The van der Waals surface area contributed by atoms with Crippen LogP contribution in [-0.4, -0.2) is 22.4 Å². The van der Waals surface area contributed by atoms with Crippen molar-refractivity contribution in [2.75, 3.05) is 6.54 Å². The first-order valence-electron chi connectivity index (χ1n) is 6.13. The molecule has 0 unspecified atom stereocenters. The second kappa shape index (κ2) is 3.86. The molecular formula is C13H21N3O. The molecule has 1 heterocycles. The molecule has 1 saturated carbocycles. The Morgan fingerprint density at radius 1 is 1.41 bits per heavy atom. The lowest BCUT2D eigenvalue weighted by Gasteiger charge is -2.05. The highest BCUT2D eigenvalue weighted by molar-refractivity contribution is 5.84. The van der Waals surface area contributed by atoms with Crippen LogP contribution in [0.15, 0.2) is 12.4 Å². The van der Waals surface area contributed by atoms with Gasteiger partial charge in [-0.1, -0.05) is 27.7 Å². The number of aromatic nitrogens is 2. The van der Waals surface area contributed by atoms with Crippen molar-refractivity contribution < 1.29 is 4.79 Å². The van der Waals surface area contributed by atoms with E-state index in [9.17, 15) is 4.79 Å². The minimum Gasteiger partial charge on any atom is -0.355 e. The third kappa shape index (κ3) is 1.96. The number of hydrogen-bond donors (Lipinski definition) is 2. The van der Waals surface area contributed by atoms with E-state index in [1.54, 1.807) is 12.4 Å². The number of nitrogens with one attached hydrogen (secondary N) is 2. The number of carbonyl (C=O) groups is 1. The maximum absolute atomic E-state index is 12.0. The van der Waals surface area contributed by atoms with Crippen LogP contribution in [0.1, 0.15) is 33.5 Å². The molecule has 0 bridgehead atoms. The zero-order chi connectivity index (χ0) is 12.7. The molecule has 2 N–H and O–H groups in total. The number of amides is 1. The molecule has 0 radical (unpaired) electrons. The van der Waals surface area contributed by atoms with Crippen molar-refractivity contribution in [2.45, 2.75) is 34.1 Å². The zero-order valence-electron chi connectivity index (χ0n) is 11.0. The highest BCUT2D eigenvalue weighted by atomic mass is 16.2. The van der Waals surface area contributed by atoms with Crippen LogP contribution in [0.4, 0.5) is 0 Å². The maximum Gasteiger partial charge on any atom is 0.224 e. The van der Waals surface area contributed by atoms with E-state index >= 15 is 0 Å². The minimum atomic E-state index is 0.113. The summed E-state index contributed by atoms with van der Waals surface area (Å²) in [6.07, 6.45) is 4.28. The van der Waals surface area contributed by atoms with E-state index in [1.807, 2.05) is 0 Å². The Kier molecular flexibility index (Phi) is 2.76. The molecule has 1 aliphatic carbocycles. The van der Waals surface area contributed by atoms with Crippen molar-refractivity contribution in [1.82, 2.24) is 15.3 Å². The SMILES string of the molecule is CC1(C)C(C(=O)NCCc2ncc[nH]2)C1(C)C. The average Bonchev–Trinajstić information content (AvgIpc) is 2.58. The molecule has 1 amide bonds. The third-order valence-electron chi connectivity index (χ3n) is 4.50. The number of aromatic amines is 1. The van der Waals surface area contributed by atoms with Gasteiger partial charge in [-0.05, 0) is 10.8 Å². The zero-order valence-corrected chi connectivity index (χ0v) is 11.0. The fraction of sp³-hybridized carbons (Fsp3) is 0.692. The number of imidazole rings is 1. The van der Waals surface area contributed by atoms with E-state index in [0.29, 0.717) is 6.54 Å². The van der Waals surface area contributed by atoms with E-state index in [-0.39, 0.29) is 22.7 Å². The molecule has 17 heavy (non-hydrogen) atoms. The number of nitrogens with zero attached hydrogens (tertiary/aromatic N) is 1. The second-order valence-corrected chi connectivity index (χ2v) is 5.95. The van der Waals surface area contributed by atoms with E-state index in [4.69, 9.17) is 0 Å². The summed E-state index contributed by atoms with van der Waals surface area (Å²) in [5.74, 6) is 1.22. The van der Waals surface area contributed by atoms with Gasteiger partial charge in [0.05, 0.1) is 0 Å². The standard InChI is InChI=1S/C13H21N3O/c1-12(2)10(13(12,3)4)11(17)16-6-5-9-14-7-8-15-9/h7-8,10H,5-6H2,1-4H3,(H,14,15)(H,16,17). The first-order valence-corrected chi connectivity index (χ1v) is 6.13. The normalized spacial score (nSPS) is 21.2. The maximum atomic E-state index is 12.0. The summed E-state index contributed by atoms with van der Waals surface area (Å²) in [6, 6.07) is 0. The fourth-order valence-corrected chi connectivity index (χ4v) is 2.69. The Hall–Kier alpha value is -1.32. The number of hydrogen-bond acceptors (Lipinski definition) is 2. The molecule has 4 nitrogen and oxygen atoms in total. The summed E-state index contributed by atoms with van der Waals surface area (Å²) < 4.78 is 0. The summed E-state index contributed by atoms with van der Waals surface area (Å²) in [7, 11) is 0. The molecule has 2 rings (SSSR count). The lowest BCUT2D eigenvalue weighted by molar-refractivity contribution is -0.123. The van der Waals surface area contributed by atoms with Crippen LogP contribution in [0.2, 0.25) is 0 Å². The summed E-state index contributed by atoms with van der Waals surface area (Å²) >= 11 is 0. The largest absolute Gasteiger partial charge is 0.355 e. The lowest BCUT2D eigenvalue weighted by Crippen LogP contribution is -2.29. The van der Waals surface area contributed by atoms with Crippen LogP contribution >= 0.6 is 0 Å². The predicted octanol–water partition coefficient (Wildman–Crippen LogP) is 1.75. The van der Waals surface area contributed by atoms with E-state index in [1.165, 1.54) is 0 Å². The van der Waals surface area contributed by atoms with Gasteiger partial charge in [0.1, 0.15) is 5.82 Å². The van der Waals surface area contributed by atoms with Gasteiger partial charge in [-0.25, -0.2) is 4.98 Å². The van der Waals surface area contributed by atoms with Gasteiger partial charge >= 0.3 is 0 Å². The van der Waals surface area contributed by atoms with Gasteiger partial charge in [0.15, 0.2) is 0 Å². The number of rotatable bonds is 4. The molecular weight excluding hydrogens is 214 g/mol. The van der Waals surface area contributed by atoms with Crippen molar-refractivity contribution in [3.05, 3.63) is 18.2 Å². The van der Waals surface area contributed by atoms with Gasteiger partial charge in [0, 0.05) is 31.3 Å². The van der Waals surface area contributed by atoms with Crippen LogP contribution in [-0.2, 0) is 11.2 Å². The quantitative estimate of drug-likeness (QED) is 0.835. The fourth-order valence-electron chi connectivity index (χ4n) is 2.69. The first kappa shape index (κ1) is 12.1. The lowest BCUT2D eigenvalue weighted by atomic mass is 10.0. The topological polar surface area (TPSA) is 57.8 Å². The molecule has 1 fully saturated rings. The van der Waals surface area contributed by atoms with Crippen molar-refractivity contribution in [1.29, 1.82) is 0 Å². The molecule has 0 saturated heterocycles. The van der Waals surface area contributed by atoms with Crippen molar-refractivity contribution >= 4 is 5.91 Å². The minimum absolute atomic E-state index is 0.113. The second-order valence-electron chi connectivity index (χ2n) is 5.95. The number of H-pyrrole nitrogens is 1. The molecule has 1 aromatic rings. The molecule has 0 spiro atoms. The van der Waals surface area contributed by atoms with E-state index < -0.39 is 0 Å². The van der Waals surface area contributed by atoms with E-state index in [0.717, 1.165) is 12.2 Å². The molecule has 1 aliphatic rings. The van der Waals surface area contributed by atoms with Crippen molar-refractivity contribution in [3.8, 4) is 0 Å². The smallest absolute Gasteiger partial charge is 0.224 e. The molecule has 0 aromatic carbocycles.